The molecule has 1 aliphatic rings. The number of aryl methyl sites for hydroxylation is 1. The highest BCUT2D eigenvalue weighted by Gasteiger charge is 2.24. The third kappa shape index (κ3) is 2.49. The first-order valence-electron chi connectivity index (χ1n) is 7.55. The highest BCUT2D eigenvalue weighted by atomic mass is 35.5. The maximum absolute atomic E-state index is 11.3. The van der Waals surface area contributed by atoms with E-state index in [1.165, 1.54) is 12.1 Å². The van der Waals surface area contributed by atoms with Crippen molar-refractivity contribution in [3.8, 4) is 5.69 Å². The molecule has 0 amide bonds. The number of nitrogens with zero attached hydrogens (tertiary/aromatic N) is 5. The van der Waals surface area contributed by atoms with Crippen LogP contribution in [-0.2, 0) is 6.54 Å². The SMILES string of the molecule is Cc1nnc2n1-c1ccc([N+](=O)[O-])cc1C(c1ccccc1Cl)=NC2. The Balaban J connectivity index is 2.03. The third-order valence-corrected chi connectivity index (χ3v) is 4.42. The van der Waals surface area contributed by atoms with E-state index in [0.29, 0.717) is 34.5 Å². The van der Waals surface area contributed by atoms with Crippen LogP contribution in [0.5, 0.6) is 0 Å². The second kappa shape index (κ2) is 5.78. The summed E-state index contributed by atoms with van der Waals surface area (Å²) in [7, 11) is 0. The predicted octanol–water partition coefficient (Wildman–Crippen LogP) is 3.49. The zero-order valence-electron chi connectivity index (χ0n) is 13.2. The number of nitro benzene ring substituents is 1. The quantitative estimate of drug-likeness (QED) is 0.521. The molecule has 0 radical (unpaired) electrons. The lowest BCUT2D eigenvalue weighted by Gasteiger charge is -2.13. The van der Waals surface area contributed by atoms with E-state index in [-0.39, 0.29) is 5.69 Å². The molecule has 124 valence electrons. The Morgan fingerprint density at radius 3 is 2.72 bits per heavy atom. The molecule has 0 bridgehead atoms. The maximum Gasteiger partial charge on any atom is 0.270 e. The summed E-state index contributed by atoms with van der Waals surface area (Å²) in [4.78, 5) is 15.5. The fourth-order valence-corrected chi connectivity index (χ4v) is 3.19. The van der Waals surface area contributed by atoms with Crippen molar-refractivity contribution in [1.82, 2.24) is 14.8 Å². The number of rotatable bonds is 2. The first kappa shape index (κ1) is 15.5. The van der Waals surface area contributed by atoms with E-state index in [1.54, 1.807) is 12.1 Å². The average Bonchev–Trinajstić information content (AvgIpc) is 2.88. The van der Waals surface area contributed by atoms with Crippen molar-refractivity contribution in [2.45, 2.75) is 13.5 Å². The fraction of sp³-hybridized carbons (Fsp3) is 0.118. The fourth-order valence-electron chi connectivity index (χ4n) is 2.96. The van der Waals surface area contributed by atoms with Gasteiger partial charge in [-0.3, -0.25) is 19.7 Å². The molecule has 25 heavy (non-hydrogen) atoms. The van der Waals surface area contributed by atoms with Crippen molar-refractivity contribution in [1.29, 1.82) is 0 Å². The van der Waals surface area contributed by atoms with Crippen LogP contribution in [0.2, 0.25) is 5.02 Å². The molecule has 0 spiro atoms. The van der Waals surface area contributed by atoms with Crippen molar-refractivity contribution in [2.75, 3.05) is 0 Å². The van der Waals surface area contributed by atoms with Crippen molar-refractivity contribution in [2.24, 2.45) is 4.99 Å². The van der Waals surface area contributed by atoms with Gasteiger partial charge >= 0.3 is 0 Å². The molecule has 0 saturated heterocycles. The Hall–Kier alpha value is -3.06. The number of non-ortho nitro benzene ring substituents is 1. The number of aliphatic imine (C=N–C) groups is 1. The Morgan fingerprint density at radius 2 is 1.96 bits per heavy atom. The van der Waals surface area contributed by atoms with Crippen LogP contribution in [0.4, 0.5) is 5.69 Å². The van der Waals surface area contributed by atoms with Crippen LogP contribution in [0, 0.1) is 17.0 Å². The summed E-state index contributed by atoms with van der Waals surface area (Å²) < 4.78 is 1.87. The standard InChI is InChI=1S/C17H12ClN5O2/c1-10-20-21-16-9-19-17(12-4-2-3-5-14(12)18)13-8-11(23(24)25)6-7-15(13)22(10)16/h2-8H,9H2,1H3. The molecule has 0 unspecified atom stereocenters. The van der Waals surface area contributed by atoms with Gasteiger partial charge in [-0.05, 0) is 19.1 Å². The topological polar surface area (TPSA) is 86.2 Å². The first-order chi connectivity index (χ1) is 12.1. The molecule has 8 heteroatoms. The van der Waals surface area contributed by atoms with Crippen LogP contribution >= 0.6 is 11.6 Å². The number of fused-ring (bicyclic) bond motifs is 3. The molecule has 2 aromatic carbocycles. The molecule has 0 saturated carbocycles. The van der Waals surface area contributed by atoms with Crippen molar-refractivity contribution >= 4 is 23.0 Å². The largest absolute Gasteiger partial charge is 0.281 e. The molecule has 1 aromatic heterocycles. The lowest BCUT2D eigenvalue weighted by molar-refractivity contribution is -0.384. The molecule has 0 N–H and O–H groups in total. The van der Waals surface area contributed by atoms with E-state index in [4.69, 9.17) is 11.6 Å². The monoisotopic (exact) mass is 353 g/mol. The number of hydrogen-bond donors (Lipinski definition) is 0. The summed E-state index contributed by atoms with van der Waals surface area (Å²) in [6, 6.07) is 12.0. The molecule has 0 atom stereocenters. The average molecular weight is 354 g/mol. The van der Waals surface area contributed by atoms with Crippen molar-refractivity contribution in [3.05, 3.63) is 80.4 Å². The Labute approximate surface area is 147 Å². The molecule has 1 aliphatic heterocycles. The number of hydrogen-bond acceptors (Lipinski definition) is 5. The molecule has 0 fully saturated rings. The summed E-state index contributed by atoms with van der Waals surface area (Å²) in [5.41, 5.74) is 2.70. The molecule has 4 rings (SSSR count). The van der Waals surface area contributed by atoms with Gasteiger partial charge in [-0.2, -0.15) is 0 Å². The van der Waals surface area contributed by atoms with Gasteiger partial charge in [0, 0.05) is 28.3 Å². The van der Waals surface area contributed by atoms with E-state index in [9.17, 15) is 10.1 Å². The third-order valence-electron chi connectivity index (χ3n) is 4.09. The molecule has 2 heterocycles. The summed E-state index contributed by atoms with van der Waals surface area (Å²) in [6.45, 7) is 2.14. The zero-order chi connectivity index (χ0) is 17.6. The molecular formula is C17H12ClN5O2. The van der Waals surface area contributed by atoms with Crippen molar-refractivity contribution < 1.29 is 4.92 Å². The summed E-state index contributed by atoms with van der Waals surface area (Å²) in [6.07, 6.45) is 0. The predicted molar refractivity (Wildman–Crippen MR) is 93.5 cm³/mol. The van der Waals surface area contributed by atoms with Crippen LogP contribution in [0.3, 0.4) is 0 Å². The maximum atomic E-state index is 11.3. The van der Waals surface area contributed by atoms with Crippen LogP contribution in [0.1, 0.15) is 22.8 Å². The van der Waals surface area contributed by atoms with Gasteiger partial charge in [0.1, 0.15) is 12.4 Å². The van der Waals surface area contributed by atoms with Gasteiger partial charge in [0.2, 0.25) is 0 Å². The number of nitro groups is 1. The lowest BCUT2D eigenvalue weighted by Crippen LogP contribution is -2.09. The van der Waals surface area contributed by atoms with Gasteiger partial charge < -0.3 is 0 Å². The van der Waals surface area contributed by atoms with E-state index in [2.05, 4.69) is 15.2 Å². The van der Waals surface area contributed by atoms with E-state index < -0.39 is 4.92 Å². The smallest absolute Gasteiger partial charge is 0.270 e. The minimum absolute atomic E-state index is 0.00678. The van der Waals surface area contributed by atoms with Gasteiger partial charge in [0.05, 0.1) is 16.3 Å². The minimum Gasteiger partial charge on any atom is -0.281 e. The number of benzene rings is 2. The molecule has 7 nitrogen and oxygen atoms in total. The van der Waals surface area contributed by atoms with Crippen LogP contribution < -0.4 is 0 Å². The van der Waals surface area contributed by atoms with Gasteiger partial charge in [-0.1, -0.05) is 29.8 Å². The Morgan fingerprint density at radius 1 is 1.16 bits per heavy atom. The first-order valence-corrected chi connectivity index (χ1v) is 7.93. The Bertz CT molecular complexity index is 1040. The van der Waals surface area contributed by atoms with Gasteiger partial charge in [-0.15, -0.1) is 10.2 Å². The van der Waals surface area contributed by atoms with Gasteiger partial charge in [0.25, 0.3) is 5.69 Å². The Kier molecular flexibility index (Phi) is 3.58. The zero-order valence-corrected chi connectivity index (χ0v) is 13.9. The van der Waals surface area contributed by atoms with Crippen LogP contribution in [-0.4, -0.2) is 25.4 Å². The van der Waals surface area contributed by atoms with Crippen LogP contribution in [0.25, 0.3) is 5.69 Å². The molecule has 3 aromatic rings. The van der Waals surface area contributed by atoms with Crippen LogP contribution in [0.15, 0.2) is 47.5 Å². The summed E-state index contributed by atoms with van der Waals surface area (Å²) in [5.74, 6) is 1.37. The van der Waals surface area contributed by atoms with E-state index >= 15 is 0 Å². The normalized spacial score (nSPS) is 12.8. The minimum atomic E-state index is -0.421. The molecular weight excluding hydrogens is 342 g/mol. The van der Waals surface area contributed by atoms with Gasteiger partial charge in [-0.25, -0.2) is 0 Å². The second-order valence-electron chi connectivity index (χ2n) is 5.60. The van der Waals surface area contributed by atoms with Gasteiger partial charge in [0.15, 0.2) is 5.82 Å². The molecule has 0 aliphatic carbocycles. The number of aromatic nitrogens is 3. The summed E-state index contributed by atoms with van der Waals surface area (Å²) in [5, 5.41) is 20.0. The van der Waals surface area contributed by atoms with Crippen molar-refractivity contribution in [3.63, 3.8) is 0 Å². The highest BCUT2D eigenvalue weighted by Crippen LogP contribution is 2.30. The second-order valence-corrected chi connectivity index (χ2v) is 6.01. The van der Waals surface area contributed by atoms with E-state index in [0.717, 1.165) is 11.3 Å². The lowest BCUT2D eigenvalue weighted by atomic mass is 9.99. The van der Waals surface area contributed by atoms with E-state index in [1.807, 2.05) is 29.7 Å². The summed E-state index contributed by atoms with van der Waals surface area (Å²) >= 11 is 6.35. The highest BCUT2D eigenvalue weighted by molar-refractivity contribution is 6.35. The number of halogens is 1.